The van der Waals surface area contributed by atoms with E-state index in [2.05, 4.69) is 24.4 Å². The van der Waals surface area contributed by atoms with E-state index < -0.39 is 4.92 Å². The Labute approximate surface area is 147 Å². The van der Waals surface area contributed by atoms with Gasteiger partial charge in [-0.25, -0.2) is 0 Å². The molecule has 132 valence electrons. The van der Waals surface area contributed by atoms with Crippen LogP contribution in [-0.4, -0.2) is 17.4 Å². The number of carbonyl (C=O) groups excluding carboxylic acids is 1. The number of benzene rings is 2. The molecule has 0 fully saturated rings. The molecule has 6 nitrogen and oxygen atoms in total. The van der Waals surface area contributed by atoms with Gasteiger partial charge in [0, 0.05) is 24.2 Å². The minimum absolute atomic E-state index is 0.00338. The van der Waals surface area contributed by atoms with Crippen LogP contribution < -0.4 is 10.1 Å². The molecule has 0 atom stereocenters. The molecule has 25 heavy (non-hydrogen) atoms. The summed E-state index contributed by atoms with van der Waals surface area (Å²) in [6, 6.07) is 13.8. The molecule has 0 saturated heterocycles. The summed E-state index contributed by atoms with van der Waals surface area (Å²) in [5, 5.41) is 13.3. The molecule has 0 radical (unpaired) electrons. The molecule has 2 rings (SSSR count). The van der Waals surface area contributed by atoms with E-state index in [1.165, 1.54) is 29.8 Å². The Morgan fingerprint density at radius 2 is 1.80 bits per heavy atom. The summed E-state index contributed by atoms with van der Waals surface area (Å²) in [7, 11) is 0. The number of nitrogens with one attached hydrogen (secondary N) is 1. The minimum atomic E-state index is -0.474. The fourth-order valence-corrected chi connectivity index (χ4v) is 2.35. The number of amides is 1. The number of nitro groups is 1. The maximum Gasteiger partial charge on any atom is 0.269 e. The van der Waals surface area contributed by atoms with Crippen LogP contribution >= 0.6 is 0 Å². The number of ether oxygens (including phenoxy) is 1. The van der Waals surface area contributed by atoms with Crippen LogP contribution in [0.2, 0.25) is 0 Å². The van der Waals surface area contributed by atoms with E-state index in [-0.39, 0.29) is 11.6 Å². The fourth-order valence-electron chi connectivity index (χ4n) is 2.35. The van der Waals surface area contributed by atoms with Crippen molar-refractivity contribution in [3.05, 3.63) is 64.2 Å². The molecule has 0 aromatic heterocycles. The van der Waals surface area contributed by atoms with Crippen LogP contribution in [0.1, 0.15) is 31.7 Å². The molecule has 2 aromatic rings. The molecule has 6 heteroatoms. The third kappa shape index (κ3) is 6.25. The molecule has 0 saturated carbocycles. The average molecular weight is 342 g/mol. The lowest BCUT2D eigenvalue weighted by atomic mass is 10.1. The number of anilines is 1. The van der Waals surface area contributed by atoms with Gasteiger partial charge in [0.1, 0.15) is 5.75 Å². The predicted octanol–water partition coefficient (Wildman–Crippen LogP) is 4.35. The number of hydrogen-bond acceptors (Lipinski definition) is 4. The van der Waals surface area contributed by atoms with Crippen molar-refractivity contribution in [1.82, 2.24) is 0 Å². The zero-order valence-electron chi connectivity index (χ0n) is 14.2. The lowest BCUT2D eigenvalue weighted by Crippen LogP contribution is -2.12. The van der Waals surface area contributed by atoms with Crippen LogP contribution in [0, 0.1) is 10.1 Å². The van der Waals surface area contributed by atoms with Crippen LogP contribution in [0.15, 0.2) is 48.5 Å². The van der Waals surface area contributed by atoms with E-state index in [1.54, 1.807) is 0 Å². The molecule has 0 aliphatic heterocycles. The molecule has 1 amide bonds. The van der Waals surface area contributed by atoms with E-state index >= 15 is 0 Å². The lowest BCUT2D eigenvalue weighted by Gasteiger charge is -2.08. The van der Waals surface area contributed by atoms with Gasteiger partial charge < -0.3 is 10.1 Å². The Hall–Kier alpha value is -2.89. The van der Waals surface area contributed by atoms with Crippen LogP contribution in [0.25, 0.3) is 0 Å². The Morgan fingerprint density at radius 3 is 2.40 bits per heavy atom. The van der Waals surface area contributed by atoms with Gasteiger partial charge in [-0.3, -0.25) is 14.9 Å². The van der Waals surface area contributed by atoms with Crippen LogP contribution in [0.5, 0.6) is 5.75 Å². The highest BCUT2D eigenvalue weighted by Crippen LogP contribution is 2.16. The number of hydrogen-bond donors (Lipinski definition) is 1. The van der Waals surface area contributed by atoms with Crippen molar-refractivity contribution in [2.45, 2.75) is 32.6 Å². The van der Waals surface area contributed by atoms with Gasteiger partial charge in [0.2, 0.25) is 5.91 Å². The number of non-ortho nitro benzene ring substituents is 1. The Bertz CT molecular complexity index is 696. The highest BCUT2D eigenvalue weighted by Gasteiger charge is 2.06. The molecular formula is C19H22N2O4. The number of carbonyl (C=O) groups is 1. The number of nitro benzene ring substituents is 1. The van der Waals surface area contributed by atoms with E-state index in [1.807, 2.05) is 12.1 Å². The quantitative estimate of drug-likeness (QED) is 0.417. The maximum atomic E-state index is 11.9. The van der Waals surface area contributed by atoms with E-state index in [9.17, 15) is 14.9 Å². The van der Waals surface area contributed by atoms with E-state index in [0.29, 0.717) is 25.1 Å². The highest BCUT2D eigenvalue weighted by atomic mass is 16.6. The van der Waals surface area contributed by atoms with Gasteiger partial charge in [0.15, 0.2) is 0 Å². The first-order valence-corrected chi connectivity index (χ1v) is 8.34. The van der Waals surface area contributed by atoms with Gasteiger partial charge in [-0.05, 0) is 42.7 Å². The number of rotatable bonds is 9. The summed E-state index contributed by atoms with van der Waals surface area (Å²) in [4.78, 5) is 22.0. The zero-order chi connectivity index (χ0) is 18.1. The first-order chi connectivity index (χ1) is 12.1. The monoisotopic (exact) mass is 342 g/mol. The van der Waals surface area contributed by atoms with Crippen molar-refractivity contribution in [3.8, 4) is 5.75 Å². The average Bonchev–Trinajstić information content (AvgIpc) is 2.61. The van der Waals surface area contributed by atoms with Gasteiger partial charge in [-0.1, -0.05) is 25.5 Å². The summed E-state index contributed by atoms with van der Waals surface area (Å²) >= 11 is 0. The summed E-state index contributed by atoms with van der Waals surface area (Å²) in [5.41, 5.74) is 1.83. The van der Waals surface area contributed by atoms with Crippen molar-refractivity contribution in [1.29, 1.82) is 0 Å². The van der Waals surface area contributed by atoms with Crippen molar-refractivity contribution < 1.29 is 14.5 Å². The topological polar surface area (TPSA) is 81.5 Å². The Kier molecular flexibility index (Phi) is 6.95. The first kappa shape index (κ1) is 18.4. The standard InChI is InChI=1S/C19H22N2O4/c1-2-4-15-6-12-18(13-7-15)25-14-3-5-19(22)20-16-8-10-17(11-9-16)21(23)24/h6-13H,2-5,14H2,1H3,(H,20,22). The summed E-state index contributed by atoms with van der Waals surface area (Å²) in [5.74, 6) is 0.659. The molecule has 0 aliphatic rings. The largest absolute Gasteiger partial charge is 0.494 e. The molecule has 0 bridgehead atoms. The third-order valence-corrected chi connectivity index (χ3v) is 3.64. The molecule has 0 unspecified atom stereocenters. The van der Waals surface area contributed by atoms with Crippen LogP contribution in [0.3, 0.4) is 0 Å². The zero-order valence-corrected chi connectivity index (χ0v) is 14.2. The molecule has 0 heterocycles. The normalized spacial score (nSPS) is 10.3. The second-order valence-electron chi connectivity index (χ2n) is 5.70. The number of aryl methyl sites for hydroxylation is 1. The molecule has 2 aromatic carbocycles. The smallest absolute Gasteiger partial charge is 0.269 e. The molecule has 1 N–H and O–H groups in total. The van der Waals surface area contributed by atoms with Crippen LogP contribution in [-0.2, 0) is 11.2 Å². The van der Waals surface area contributed by atoms with E-state index in [4.69, 9.17) is 4.74 Å². The summed E-state index contributed by atoms with van der Waals surface area (Å²) in [6.07, 6.45) is 3.09. The fraction of sp³-hybridized carbons (Fsp3) is 0.316. The van der Waals surface area contributed by atoms with Crippen molar-refractivity contribution in [3.63, 3.8) is 0 Å². The predicted molar refractivity (Wildman–Crippen MR) is 96.9 cm³/mol. The van der Waals surface area contributed by atoms with Gasteiger partial charge in [-0.15, -0.1) is 0 Å². The summed E-state index contributed by atoms with van der Waals surface area (Å²) < 4.78 is 5.63. The minimum Gasteiger partial charge on any atom is -0.494 e. The van der Waals surface area contributed by atoms with Gasteiger partial charge in [0.25, 0.3) is 5.69 Å². The molecule has 0 aliphatic carbocycles. The molecule has 0 spiro atoms. The van der Waals surface area contributed by atoms with Gasteiger partial charge in [0.05, 0.1) is 11.5 Å². The Balaban J connectivity index is 1.68. The number of nitrogens with zero attached hydrogens (tertiary/aromatic N) is 1. The van der Waals surface area contributed by atoms with Crippen LogP contribution in [0.4, 0.5) is 11.4 Å². The SMILES string of the molecule is CCCc1ccc(OCCCC(=O)Nc2ccc([N+](=O)[O-])cc2)cc1. The third-order valence-electron chi connectivity index (χ3n) is 3.64. The second-order valence-corrected chi connectivity index (χ2v) is 5.70. The van der Waals surface area contributed by atoms with Gasteiger partial charge in [-0.2, -0.15) is 0 Å². The first-order valence-electron chi connectivity index (χ1n) is 8.34. The highest BCUT2D eigenvalue weighted by molar-refractivity contribution is 5.90. The molecular weight excluding hydrogens is 320 g/mol. The van der Waals surface area contributed by atoms with E-state index in [0.717, 1.165) is 18.6 Å². The maximum absolute atomic E-state index is 11.9. The second kappa shape index (κ2) is 9.42. The summed E-state index contributed by atoms with van der Waals surface area (Å²) in [6.45, 7) is 2.60. The van der Waals surface area contributed by atoms with Crippen molar-refractivity contribution in [2.75, 3.05) is 11.9 Å². The van der Waals surface area contributed by atoms with Gasteiger partial charge >= 0.3 is 0 Å². The Morgan fingerprint density at radius 1 is 1.12 bits per heavy atom. The van der Waals surface area contributed by atoms with Crippen molar-refractivity contribution >= 4 is 17.3 Å². The lowest BCUT2D eigenvalue weighted by molar-refractivity contribution is -0.384. The van der Waals surface area contributed by atoms with Crippen molar-refractivity contribution in [2.24, 2.45) is 0 Å².